The number of amides is 1. The summed E-state index contributed by atoms with van der Waals surface area (Å²) in [5.74, 6) is 0.834. The van der Waals surface area contributed by atoms with Gasteiger partial charge in [0.25, 0.3) is 0 Å². The molecule has 1 aromatic heterocycles. The van der Waals surface area contributed by atoms with E-state index in [-0.39, 0.29) is 11.8 Å². The Hall–Kier alpha value is -1.52. The van der Waals surface area contributed by atoms with Gasteiger partial charge in [0.2, 0.25) is 5.91 Å². The van der Waals surface area contributed by atoms with Crippen LogP contribution in [0.5, 0.6) is 0 Å². The maximum atomic E-state index is 12.3. The minimum Gasteiger partial charge on any atom is -0.380 e. The summed E-state index contributed by atoms with van der Waals surface area (Å²) in [5, 5.41) is 2.02. The van der Waals surface area contributed by atoms with Crippen LogP contribution in [0.1, 0.15) is 24.3 Å². The molecule has 0 bridgehead atoms. The molecule has 0 unspecified atom stereocenters. The number of nitrogens with one attached hydrogen (secondary N) is 1. The topological polar surface area (TPSA) is 45.3 Å². The fourth-order valence-corrected chi connectivity index (χ4v) is 3.77. The second-order valence-electron chi connectivity index (χ2n) is 6.27. The molecule has 116 valence electrons. The number of halogens is 1. The number of nitrogens with zero attached hydrogens (tertiary/aromatic N) is 1. The molecule has 22 heavy (non-hydrogen) atoms. The molecule has 0 spiro atoms. The minimum atomic E-state index is 0.0964. The molecule has 0 radical (unpaired) electrons. The Morgan fingerprint density at radius 3 is 2.73 bits per heavy atom. The van der Waals surface area contributed by atoms with Crippen molar-refractivity contribution in [1.29, 1.82) is 0 Å². The average molecular weight is 319 g/mol. The van der Waals surface area contributed by atoms with E-state index in [9.17, 15) is 4.79 Å². The van der Waals surface area contributed by atoms with Crippen molar-refractivity contribution in [2.75, 3.05) is 26.3 Å². The van der Waals surface area contributed by atoms with E-state index < -0.39 is 0 Å². The molecule has 4 rings (SSSR count). The normalized spacial score (nSPS) is 20.3. The zero-order chi connectivity index (χ0) is 15.1. The van der Waals surface area contributed by atoms with E-state index >= 15 is 0 Å². The van der Waals surface area contributed by atoms with Gasteiger partial charge in [-0.2, -0.15) is 0 Å². The van der Waals surface area contributed by atoms with Gasteiger partial charge in [-0.15, -0.1) is 0 Å². The lowest BCUT2D eigenvalue weighted by Gasteiger charge is -2.36. The molecule has 1 N–H and O–H groups in total. The summed E-state index contributed by atoms with van der Waals surface area (Å²) < 4.78 is 5.12. The van der Waals surface area contributed by atoms with Crippen molar-refractivity contribution in [3.05, 3.63) is 35.0 Å². The maximum Gasteiger partial charge on any atom is 0.230 e. The SMILES string of the molecule is O=C(C1COC1)N1CCC(c2cc(Cl)cc3[nH]ccc23)CC1. The summed E-state index contributed by atoms with van der Waals surface area (Å²) in [6.45, 7) is 2.85. The molecular formula is C17H19ClN2O2. The highest BCUT2D eigenvalue weighted by atomic mass is 35.5. The van der Waals surface area contributed by atoms with Crippen molar-refractivity contribution < 1.29 is 9.53 Å². The number of likely N-dealkylation sites (tertiary alicyclic amines) is 1. The third-order valence-corrected chi connectivity index (χ3v) is 5.12. The number of rotatable bonds is 2. The fraction of sp³-hybridized carbons (Fsp3) is 0.471. The van der Waals surface area contributed by atoms with Gasteiger partial charge >= 0.3 is 0 Å². The largest absolute Gasteiger partial charge is 0.380 e. The summed E-state index contributed by atoms with van der Waals surface area (Å²) in [7, 11) is 0. The van der Waals surface area contributed by atoms with Gasteiger partial charge in [-0.1, -0.05) is 11.6 Å². The van der Waals surface area contributed by atoms with Crippen LogP contribution in [0.4, 0.5) is 0 Å². The number of carbonyl (C=O) groups is 1. The number of fused-ring (bicyclic) bond motifs is 1. The summed E-state index contributed by atoms with van der Waals surface area (Å²) in [4.78, 5) is 17.5. The molecule has 2 fully saturated rings. The van der Waals surface area contributed by atoms with Crippen LogP contribution >= 0.6 is 11.6 Å². The van der Waals surface area contributed by atoms with Gasteiger partial charge in [-0.3, -0.25) is 4.79 Å². The highest BCUT2D eigenvalue weighted by Gasteiger charge is 2.33. The number of aromatic nitrogens is 1. The van der Waals surface area contributed by atoms with E-state index in [1.54, 1.807) is 0 Å². The number of hydrogen-bond acceptors (Lipinski definition) is 2. The Labute approximate surface area is 134 Å². The van der Waals surface area contributed by atoms with Crippen LogP contribution in [-0.2, 0) is 9.53 Å². The molecule has 1 amide bonds. The summed E-state index contributed by atoms with van der Waals surface area (Å²) >= 11 is 6.25. The van der Waals surface area contributed by atoms with Crippen molar-refractivity contribution in [2.24, 2.45) is 5.92 Å². The number of aromatic amines is 1. The number of benzene rings is 1. The van der Waals surface area contributed by atoms with E-state index in [0.29, 0.717) is 19.1 Å². The average Bonchev–Trinajstić information content (AvgIpc) is 2.93. The second kappa shape index (κ2) is 5.60. The Morgan fingerprint density at radius 1 is 1.27 bits per heavy atom. The first-order valence-electron chi connectivity index (χ1n) is 7.85. The predicted octanol–water partition coefficient (Wildman–Crippen LogP) is 3.17. The molecule has 5 heteroatoms. The Bertz CT molecular complexity index is 700. The molecule has 2 aliphatic rings. The number of piperidine rings is 1. The van der Waals surface area contributed by atoms with Crippen molar-refractivity contribution in [3.63, 3.8) is 0 Å². The van der Waals surface area contributed by atoms with Crippen LogP contribution in [0.2, 0.25) is 5.02 Å². The molecular weight excluding hydrogens is 300 g/mol. The van der Waals surface area contributed by atoms with Gasteiger partial charge in [0, 0.05) is 35.2 Å². The summed E-state index contributed by atoms with van der Waals surface area (Å²) in [6, 6.07) is 6.17. The number of carbonyl (C=O) groups excluding carboxylic acids is 1. The van der Waals surface area contributed by atoms with Crippen molar-refractivity contribution >= 4 is 28.4 Å². The third kappa shape index (κ3) is 2.40. The molecule has 0 aliphatic carbocycles. The molecule has 3 heterocycles. The molecule has 0 atom stereocenters. The zero-order valence-corrected chi connectivity index (χ0v) is 13.1. The first-order chi connectivity index (χ1) is 10.7. The van der Waals surface area contributed by atoms with E-state index in [4.69, 9.17) is 16.3 Å². The lowest BCUT2D eigenvalue weighted by atomic mass is 9.87. The highest BCUT2D eigenvalue weighted by molar-refractivity contribution is 6.31. The zero-order valence-electron chi connectivity index (χ0n) is 12.3. The molecule has 0 saturated carbocycles. The standard InChI is InChI=1S/C17H19ClN2O2/c18-13-7-15(14-1-4-19-16(14)8-13)11-2-5-20(6-3-11)17(21)12-9-22-10-12/h1,4,7-8,11-12,19H,2-3,5-6,9-10H2. The lowest BCUT2D eigenvalue weighted by Crippen LogP contribution is -2.47. The third-order valence-electron chi connectivity index (χ3n) is 4.90. The first-order valence-corrected chi connectivity index (χ1v) is 8.23. The second-order valence-corrected chi connectivity index (χ2v) is 6.70. The van der Waals surface area contributed by atoms with Gasteiger partial charge in [0.05, 0.1) is 19.1 Å². The van der Waals surface area contributed by atoms with Crippen LogP contribution in [0.3, 0.4) is 0 Å². The Balaban J connectivity index is 1.50. The van der Waals surface area contributed by atoms with Gasteiger partial charge in [0.15, 0.2) is 0 Å². The van der Waals surface area contributed by atoms with E-state index in [0.717, 1.165) is 36.5 Å². The molecule has 2 aliphatic heterocycles. The summed E-state index contributed by atoms with van der Waals surface area (Å²) in [6.07, 6.45) is 3.96. The lowest BCUT2D eigenvalue weighted by molar-refractivity contribution is -0.150. The molecule has 2 saturated heterocycles. The Morgan fingerprint density at radius 2 is 2.05 bits per heavy atom. The van der Waals surface area contributed by atoms with E-state index in [1.807, 2.05) is 17.2 Å². The smallest absolute Gasteiger partial charge is 0.230 e. The van der Waals surface area contributed by atoms with Crippen LogP contribution < -0.4 is 0 Å². The maximum absolute atomic E-state index is 12.3. The van der Waals surface area contributed by atoms with Crippen molar-refractivity contribution in [2.45, 2.75) is 18.8 Å². The van der Waals surface area contributed by atoms with E-state index in [1.165, 1.54) is 10.9 Å². The number of hydrogen-bond donors (Lipinski definition) is 1. The van der Waals surface area contributed by atoms with Gasteiger partial charge in [-0.05, 0) is 42.5 Å². The summed E-state index contributed by atoms with van der Waals surface area (Å²) in [5.41, 5.74) is 2.40. The van der Waals surface area contributed by atoms with E-state index in [2.05, 4.69) is 17.1 Å². The molecule has 2 aromatic rings. The van der Waals surface area contributed by atoms with Crippen molar-refractivity contribution in [3.8, 4) is 0 Å². The first kappa shape index (κ1) is 14.1. The fourth-order valence-electron chi connectivity index (χ4n) is 3.54. The van der Waals surface area contributed by atoms with Crippen LogP contribution in [0, 0.1) is 5.92 Å². The van der Waals surface area contributed by atoms with Gasteiger partial charge in [0.1, 0.15) is 0 Å². The van der Waals surface area contributed by atoms with Crippen molar-refractivity contribution in [1.82, 2.24) is 9.88 Å². The predicted molar refractivity (Wildman–Crippen MR) is 86.2 cm³/mol. The monoisotopic (exact) mass is 318 g/mol. The number of ether oxygens (including phenoxy) is 1. The molecule has 4 nitrogen and oxygen atoms in total. The van der Waals surface area contributed by atoms with Crippen LogP contribution in [0.25, 0.3) is 10.9 Å². The van der Waals surface area contributed by atoms with Crippen LogP contribution in [-0.4, -0.2) is 42.1 Å². The van der Waals surface area contributed by atoms with Gasteiger partial charge in [-0.25, -0.2) is 0 Å². The van der Waals surface area contributed by atoms with Gasteiger partial charge < -0.3 is 14.6 Å². The quantitative estimate of drug-likeness (QED) is 0.924. The molecule has 1 aromatic carbocycles. The van der Waals surface area contributed by atoms with Crippen LogP contribution in [0.15, 0.2) is 24.4 Å². The highest BCUT2D eigenvalue weighted by Crippen LogP contribution is 2.35. The number of H-pyrrole nitrogens is 1. The minimum absolute atomic E-state index is 0.0964. The Kier molecular flexibility index (Phi) is 3.59.